The first kappa shape index (κ1) is 15.7. The normalized spacial score (nSPS) is 12.2. The van der Waals surface area contributed by atoms with Crippen LogP contribution in [0, 0.1) is 5.92 Å². The molecule has 4 heteroatoms. The zero-order chi connectivity index (χ0) is 13.4. The zero-order valence-corrected chi connectivity index (χ0v) is 13.8. The van der Waals surface area contributed by atoms with Crippen LogP contribution in [0.15, 0.2) is 28.7 Å². The van der Waals surface area contributed by atoms with Gasteiger partial charge in [-0.1, -0.05) is 41.4 Å². The Bertz CT molecular complexity index is 376. The van der Waals surface area contributed by atoms with Crippen molar-refractivity contribution < 1.29 is 4.79 Å². The predicted octanol–water partition coefficient (Wildman–Crippen LogP) is 4.38. The number of carbonyl (C=O) groups excluding carboxylic acids is 1. The van der Waals surface area contributed by atoms with Crippen molar-refractivity contribution in [2.75, 3.05) is 11.9 Å². The highest BCUT2D eigenvalue weighted by Crippen LogP contribution is 2.16. The van der Waals surface area contributed by atoms with Gasteiger partial charge in [-0.2, -0.15) is 0 Å². The minimum atomic E-state index is -0.00171. The maximum Gasteiger partial charge on any atom is 0.252 e. The first-order valence-corrected chi connectivity index (χ1v) is 8.19. The zero-order valence-electron chi connectivity index (χ0n) is 10.6. The lowest BCUT2D eigenvalue weighted by Crippen LogP contribution is -2.29. The van der Waals surface area contributed by atoms with E-state index in [2.05, 4.69) is 44.1 Å². The number of benzene rings is 1. The number of amides is 1. The molecule has 0 spiro atoms. The molecule has 1 aromatic carbocycles. The summed E-state index contributed by atoms with van der Waals surface area (Å²) in [5.74, 6) is 0.555. The Morgan fingerprint density at radius 1 is 1.33 bits per heavy atom. The van der Waals surface area contributed by atoms with Crippen LogP contribution < -0.4 is 5.32 Å². The number of nitrogens with one attached hydrogen (secondary N) is 1. The molecule has 1 aromatic rings. The van der Waals surface area contributed by atoms with Crippen LogP contribution in [0.2, 0.25) is 0 Å². The second-order valence-electron chi connectivity index (χ2n) is 4.32. The minimum Gasteiger partial charge on any atom is -0.352 e. The number of carbonyl (C=O) groups is 1. The fourth-order valence-electron chi connectivity index (χ4n) is 1.89. The monoisotopic (exact) mass is 375 g/mol. The van der Waals surface area contributed by atoms with Crippen molar-refractivity contribution >= 4 is 37.8 Å². The van der Waals surface area contributed by atoms with Crippen LogP contribution in [0.5, 0.6) is 0 Å². The molecule has 1 N–H and O–H groups in total. The number of alkyl halides is 1. The second kappa shape index (κ2) is 8.70. The van der Waals surface area contributed by atoms with E-state index >= 15 is 0 Å². The molecule has 0 aromatic heterocycles. The largest absolute Gasteiger partial charge is 0.352 e. The first-order valence-electron chi connectivity index (χ1n) is 6.27. The third-order valence-electron chi connectivity index (χ3n) is 2.88. The van der Waals surface area contributed by atoms with Crippen molar-refractivity contribution in [3.05, 3.63) is 34.3 Å². The SMILES string of the molecule is CCCC(CCBr)CNC(=O)c1ccccc1Br. The Morgan fingerprint density at radius 3 is 2.67 bits per heavy atom. The lowest BCUT2D eigenvalue weighted by Gasteiger charge is -2.16. The molecule has 0 fully saturated rings. The first-order chi connectivity index (χ1) is 8.69. The van der Waals surface area contributed by atoms with Gasteiger partial charge >= 0.3 is 0 Å². The van der Waals surface area contributed by atoms with E-state index < -0.39 is 0 Å². The van der Waals surface area contributed by atoms with Crippen molar-refractivity contribution in [1.29, 1.82) is 0 Å². The Balaban J connectivity index is 2.52. The molecular formula is C14H19Br2NO. The van der Waals surface area contributed by atoms with Crippen LogP contribution in [0.4, 0.5) is 0 Å². The molecule has 1 atom stereocenters. The fraction of sp³-hybridized carbons (Fsp3) is 0.500. The van der Waals surface area contributed by atoms with Gasteiger partial charge in [0.25, 0.3) is 5.91 Å². The molecule has 1 amide bonds. The average molecular weight is 377 g/mol. The molecular weight excluding hydrogens is 358 g/mol. The van der Waals surface area contributed by atoms with Crippen molar-refractivity contribution in [3.8, 4) is 0 Å². The molecule has 0 radical (unpaired) electrons. The summed E-state index contributed by atoms with van der Waals surface area (Å²) in [7, 11) is 0. The fourth-order valence-corrected chi connectivity index (χ4v) is 3.00. The molecule has 0 saturated heterocycles. The molecule has 1 unspecified atom stereocenters. The average Bonchev–Trinajstić information content (AvgIpc) is 2.36. The summed E-state index contributed by atoms with van der Waals surface area (Å²) in [6.07, 6.45) is 3.41. The summed E-state index contributed by atoms with van der Waals surface area (Å²) in [5.41, 5.74) is 0.701. The lowest BCUT2D eigenvalue weighted by atomic mass is 10.0. The molecule has 18 heavy (non-hydrogen) atoms. The lowest BCUT2D eigenvalue weighted by molar-refractivity contribution is 0.0945. The molecule has 1 rings (SSSR count). The van der Waals surface area contributed by atoms with Gasteiger partial charge < -0.3 is 5.32 Å². The van der Waals surface area contributed by atoms with E-state index in [1.165, 1.54) is 0 Å². The second-order valence-corrected chi connectivity index (χ2v) is 5.97. The van der Waals surface area contributed by atoms with E-state index in [1.54, 1.807) is 0 Å². The maximum absolute atomic E-state index is 12.0. The van der Waals surface area contributed by atoms with Crippen molar-refractivity contribution in [2.45, 2.75) is 26.2 Å². The van der Waals surface area contributed by atoms with E-state index in [1.807, 2.05) is 24.3 Å². The van der Waals surface area contributed by atoms with Crippen molar-refractivity contribution in [2.24, 2.45) is 5.92 Å². The molecule has 0 aliphatic rings. The molecule has 0 aliphatic heterocycles. The van der Waals surface area contributed by atoms with Crippen LogP contribution in [0.1, 0.15) is 36.5 Å². The van der Waals surface area contributed by atoms with Gasteiger partial charge in [-0.05, 0) is 46.8 Å². The quantitative estimate of drug-likeness (QED) is 0.703. The number of rotatable bonds is 7. The maximum atomic E-state index is 12.0. The number of halogens is 2. The highest BCUT2D eigenvalue weighted by molar-refractivity contribution is 9.10. The van der Waals surface area contributed by atoms with Crippen LogP contribution in [-0.4, -0.2) is 17.8 Å². The summed E-state index contributed by atoms with van der Waals surface area (Å²) in [6, 6.07) is 7.50. The van der Waals surface area contributed by atoms with Crippen molar-refractivity contribution in [3.63, 3.8) is 0 Å². The van der Waals surface area contributed by atoms with Crippen LogP contribution in [-0.2, 0) is 0 Å². The van der Waals surface area contributed by atoms with Crippen LogP contribution in [0.3, 0.4) is 0 Å². The van der Waals surface area contributed by atoms with Crippen LogP contribution >= 0.6 is 31.9 Å². The van der Waals surface area contributed by atoms with Crippen molar-refractivity contribution in [1.82, 2.24) is 5.32 Å². The molecule has 0 heterocycles. The summed E-state index contributed by atoms with van der Waals surface area (Å²) in [6.45, 7) is 2.93. The summed E-state index contributed by atoms with van der Waals surface area (Å²) in [4.78, 5) is 12.0. The standard InChI is InChI=1S/C14H19Br2NO/c1-2-5-11(8-9-15)10-17-14(18)12-6-3-4-7-13(12)16/h3-4,6-7,11H,2,5,8-10H2,1H3,(H,17,18). The highest BCUT2D eigenvalue weighted by atomic mass is 79.9. The molecule has 0 bridgehead atoms. The van der Waals surface area contributed by atoms with Gasteiger partial charge in [0.15, 0.2) is 0 Å². The number of hydrogen-bond acceptors (Lipinski definition) is 1. The summed E-state index contributed by atoms with van der Waals surface area (Å²) in [5, 5.41) is 4.01. The Labute approximate surface area is 126 Å². The third-order valence-corrected chi connectivity index (χ3v) is 4.03. The van der Waals surface area contributed by atoms with E-state index in [0.717, 1.165) is 35.6 Å². The van der Waals surface area contributed by atoms with Gasteiger partial charge in [-0.15, -0.1) is 0 Å². The smallest absolute Gasteiger partial charge is 0.252 e. The van der Waals surface area contributed by atoms with E-state index in [9.17, 15) is 4.79 Å². The molecule has 0 aliphatic carbocycles. The Hall–Kier alpha value is -0.350. The summed E-state index contributed by atoms with van der Waals surface area (Å²) >= 11 is 6.86. The minimum absolute atomic E-state index is 0.00171. The third kappa shape index (κ3) is 5.11. The van der Waals surface area contributed by atoms with Gasteiger partial charge in [0.2, 0.25) is 0 Å². The molecule has 0 saturated carbocycles. The van der Waals surface area contributed by atoms with Gasteiger partial charge in [0, 0.05) is 16.3 Å². The van der Waals surface area contributed by atoms with Gasteiger partial charge in [-0.3, -0.25) is 4.79 Å². The summed E-state index contributed by atoms with van der Waals surface area (Å²) < 4.78 is 0.843. The van der Waals surface area contributed by atoms with Crippen LogP contribution in [0.25, 0.3) is 0 Å². The Kier molecular flexibility index (Phi) is 7.59. The van der Waals surface area contributed by atoms with E-state index in [4.69, 9.17) is 0 Å². The predicted molar refractivity (Wildman–Crippen MR) is 83.3 cm³/mol. The van der Waals surface area contributed by atoms with Gasteiger partial charge in [0.1, 0.15) is 0 Å². The Morgan fingerprint density at radius 2 is 2.06 bits per heavy atom. The topological polar surface area (TPSA) is 29.1 Å². The van der Waals surface area contributed by atoms with E-state index in [0.29, 0.717) is 11.5 Å². The number of hydrogen-bond donors (Lipinski definition) is 1. The highest BCUT2D eigenvalue weighted by Gasteiger charge is 2.12. The molecule has 2 nitrogen and oxygen atoms in total. The van der Waals surface area contributed by atoms with Gasteiger partial charge in [0.05, 0.1) is 5.56 Å². The van der Waals surface area contributed by atoms with E-state index in [-0.39, 0.29) is 5.91 Å². The van der Waals surface area contributed by atoms with Gasteiger partial charge in [-0.25, -0.2) is 0 Å². The molecule has 100 valence electrons.